The lowest BCUT2D eigenvalue weighted by Gasteiger charge is -2.06. The van der Waals surface area contributed by atoms with Gasteiger partial charge in [-0.15, -0.1) is 5.11 Å². The third-order valence-corrected chi connectivity index (χ3v) is 1.98. The second-order valence-corrected chi connectivity index (χ2v) is 3.47. The molecule has 0 aliphatic rings. The molecule has 0 heterocycles. The first-order valence-electron chi connectivity index (χ1n) is 4.97. The van der Waals surface area contributed by atoms with Crippen LogP contribution in [0.15, 0.2) is 28.5 Å². The van der Waals surface area contributed by atoms with Gasteiger partial charge in [-0.05, 0) is 6.07 Å². The molecule has 0 aliphatic carbocycles. The van der Waals surface area contributed by atoms with Gasteiger partial charge < -0.3 is 5.11 Å². The molecule has 9 nitrogen and oxygen atoms in total. The number of non-ortho nitro benzene ring substituents is 1. The maximum absolute atomic E-state index is 10.5. The Morgan fingerprint density at radius 2 is 2.32 bits per heavy atom. The molecule has 0 unspecified atom stereocenters. The summed E-state index contributed by atoms with van der Waals surface area (Å²) in [5.41, 5.74) is -0.110. The molecule has 0 fully saturated rings. The number of nitro groups is 1. The number of carboxylic acids is 1. The van der Waals surface area contributed by atoms with Crippen LogP contribution in [0.5, 0.6) is 0 Å². The first-order valence-corrected chi connectivity index (χ1v) is 4.97. The number of rotatable bonds is 5. The van der Waals surface area contributed by atoms with Crippen LogP contribution in [0.1, 0.15) is 5.56 Å². The molecule has 0 radical (unpaired) electrons. The largest absolute Gasteiger partial charge is 0.480 e. The van der Waals surface area contributed by atoms with Gasteiger partial charge in [0.2, 0.25) is 0 Å². The Bertz CT molecular complexity index is 578. The van der Waals surface area contributed by atoms with Gasteiger partial charge in [-0.1, -0.05) is 5.22 Å². The first kappa shape index (κ1) is 14.0. The number of carboxylic acid groups (broad SMARTS) is 1. The van der Waals surface area contributed by atoms with Crippen LogP contribution in [0.25, 0.3) is 0 Å². The number of aliphatic carboxylic acids is 1. The Balaban J connectivity index is 2.96. The molecule has 0 spiro atoms. The lowest BCUT2D eigenvalue weighted by molar-refractivity contribution is -0.384. The van der Waals surface area contributed by atoms with Gasteiger partial charge in [-0.3, -0.25) is 19.9 Å². The molecular weight excluding hydrogens is 254 g/mol. The van der Waals surface area contributed by atoms with E-state index in [9.17, 15) is 14.9 Å². The molecule has 1 rings (SSSR count). The minimum atomic E-state index is -1.08. The predicted molar refractivity (Wildman–Crippen MR) is 62.6 cm³/mol. The fourth-order valence-corrected chi connectivity index (χ4v) is 1.17. The summed E-state index contributed by atoms with van der Waals surface area (Å²) >= 11 is 0. The quantitative estimate of drug-likeness (QED) is 0.486. The molecule has 1 aromatic carbocycles. The van der Waals surface area contributed by atoms with Crippen molar-refractivity contribution in [2.24, 2.45) is 10.3 Å². The Morgan fingerprint density at radius 3 is 2.84 bits per heavy atom. The Labute approximate surface area is 107 Å². The van der Waals surface area contributed by atoms with E-state index in [1.807, 2.05) is 0 Å². The minimum absolute atomic E-state index is 0.0123. The highest BCUT2D eigenvalue weighted by molar-refractivity contribution is 5.68. The topological polar surface area (TPSA) is 132 Å². The van der Waals surface area contributed by atoms with Gasteiger partial charge >= 0.3 is 5.97 Å². The predicted octanol–water partition coefficient (Wildman–Crippen LogP) is 1.48. The van der Waals surface area contributed by atoms with E-state index in [1.165, 1.54) is 19.2 Å². The third-order valence-electron chi connectivity index (χ3n) is 1.98. The molecule has 1 aromatic rings. The maximum Gasteiger partial charge on any atom is 0.324 e. The van der Waals surface area contributed by atoms with E-state index in [0.29, 0.717) is 0 Å². The second kappa shape index (κ2) is 6.06. The fourth-order valence-electron chi connectivity index (χ4n) is 1.17. The molecule has 98 valence electrons. The van der Waals surface area contributed by atoms with E-state index in [0.717, 1.165) is 11.1 Å². The van der Waals surface area contributed by atoms with Crippen molar-refractivity contribution < 1.29 is 14.8 Å². The van der Waals surface area contributed by atoms with Crippen LogP contribution in [-0.4, -0.2) is 34.6 Å². The lowest BCUT2D eigenvalue weighted by Crippen LogP contribution is -2.19. The number of nitro benzene ring substituents is 1. The summed E-state index contributed by atoms with van der Waals surface area (Å²) in [6, 6.07) is 5.30. The summed E-state index contributed by atoms with van der Waals surface area (Å²) in [7, 11) is 1.40. The van der Waals surface area contributed by atoms with Crippen molar-refractivity contribution in [3.63, 3.8) is 0 Å². The molecule has 9 heteroatoms. The Morgan fingerprint density at radius 1 is 1.63 bits per heavy atom. The van der Waals surface area contributed by atoms with Crippen molar-refractivity contribution in [1.29, 1.82) is 5.26 Å². The van der Waals surface area contributed by atoms with E-state index in [-0.39, 0.29) is 23.5 Å². The SMILES string of the molecule is CN(CC(=O)O)/N=N/c1ccc([N+](=O)[O-])cc1C#N. The normalized spacial score (nSPS) is 10.1. The van der Waals surface area contributed by atoms with Crippen molar-refractivity contribution in [1.82, 2.24) is 5.01 Å². The minimum Gasteiger partial charge on any atom is -0.480 e. The van der Waals surface area contributed by atoms with Gasteiger partial charge in [0.1, 0.15) is 18.3 Å². The highest BCUT2D eigenvalue weighted by atomic mass is 16.6. The third kappa shape index (κ3) is 4.04. The number of carbonyl (C=O) groups is 1. The van der Waals surface area contributed by atoms with Crippen molar-refractivity contribution >= 4 is 17.3 Å². The molecule has 19 heavy (non-hydrogen) atoms. The molecule has 0 bridgehead atoms. The monoisotopic (exact) mass is 263 g/mol. The standard InChI is InChI=1S/C10H9N5O4/c1-14(6-10(16)17)13-12-9-3-2-8(15(18)19)4-7(9)5-11/h2-4H,6H2,1H3,(H,16,17)/b13-12+. The van der Waals surface area contributed by atoms with Gasteiger partial charge in [0.25, 0.3) is 5.69 Å². The van der Waals surface area contributed by atoms with Crippen LogP contribution >= 0.6 is 0 Å². The molecule has 0 amide bonds. The van der Waals surface area contributed by atoms with Crippen LogP contribution in [0.4, 0.5) is 11.4 Å². The molecule has 0 aliphatic heterocycles. The van der Waals surface area contributed by atoms with E-state index in [4.69, 9.17) is 10.4 Å². The summed E-state index contributed by atoms with van der Waals surface area (Å²) in [5.74, 6) is -1.08. The number of hydrogen-bond acceptors (Lipinski definition) is 6. The van der Waals surface area contributed by atoms with Gasteiger partial charge in [-0.25, -0.2) is 0 Å². The van der Waals surface area contributed by atoms with Crippen molar-refractivity contribution in [2.75, 3.05) is 13.6 Å². The number of nitriles is 1. The zero-order valence-electron chi connectivity index (χ0n) is 9.85. The molecule has 0 atom stereocenters. The van der Waals surface area contributed by atoms with Crippen LogP contribution in [-0.2, 0) is 4.79 Å². The summed E-state index contributed by atoms with van der Waals surface area (Å²) in [6.07, 6.45) is 0. The van der Waals surface area contributed by atoms with Crippen molar-refractivity contribution in [2.45, 2.75) is 0 Å². The summed E-state index contributed by atoms with van der Waals surface area (Å²) in [5, 5.41) is 36.2. The first-order chi connectivity index (χ1) is 8.93. The number of benzene rings is 1. The average Bonchev–Trinajstić information content (AvgIpc) is 2.35. The smallest absolute Gasteiger partial charge is 0.324 e. The van der Waals surface area contributed by atoms with Crippen LogP contribution in [0.3, 0.4) is 0 Å². The summed E-state index contributed by atoms with van der Waals surface area (Å²) < 4.78 is 0. The molecule has 0 aromatic heterocycles. The molecule has 0 saturated heterocycles. The van der Waals surface area contributed by atoms with E-state index in [1.54, 1.807) is 6.07 Å². The van der Waals surface area contributed by atoms with Crippen molar-refractivity contribution in [3.05, 3.63) is 33.9 Å². The van der Waals surface area contributed by atoms with Crippen LogP contribution < -0.4 is 0 Å². The van der Waals surface area contributed by atoms with Crippen LogP contribution in [0, 0.1) is 21.4 Å². The van der Waals surface area contributed by atoms with E-state index < -0.39 is 10.9 Å². The zero-order valence-corrected chi connectivity index (χ0v) is 9.85. The summed E-state index contributed by atoms with van der Waals surface area (Å²) in [4.78, 5) is 20.3. The number of nitrogens with zero attached hydrogens (tertiary/aromatic N) is 5. The van der Waals surface area contributed by atoms with Crippen molar-refractivity contribution in [3.8, 4) is 6.07 Å². The lowest BCUT2D eigenvalue weighted by atomic mass is 10.2. The van der Waals surface area contributed by atoms with Gasteiger partial charge in [0.15, 0.2) is 0 Å². The second-order valence-electron chi connectivity index (χ2n) is 3.47. The average molecular weight is 263 g/mol. The van der Waals surface area contributed by atoms with Gasteiger partial charge in [-0.2, -0.15) is 5.26 Å². The number of hydrogen-bond donors (Lipinski definition) is 1. The van der Waals surface area contributed by atoms with E-state index in [2.05, 4.69) is 10.3 Å². The highest BCUT2D eigenvalue weighted by Gasteiger charge is 2.10. The van der Waals surface area contributed by atoms with Gasteiger partial charge in [0.05, 0.1) is 10.5 Å². The highest BCUT2D eigenvalue weighted by Crippen LogP contribution is 2.24. The van der Waals surface area contributed by atoms with Crippen LogP contribution in [0.2, 0.25) is 0 Å². The molecule has 0 saturated carbocycles. The molecular formula is C10H9N5O4. The molecule has 1 N–H and O–H groups in total. The Kier molecular flexibility index (Phi) is 4.48. The fraction of sp³-hybridized carbons (Fsp3) is 0.200. The van der Waals surface area contributed by atoms with Gasteiger partial charge in [0, 0.05) is 19.2 Å². The Hall–Kier alpha value is -3.02. The summed E-state index contributed by atoms with van der Waals surface area (Å²) in [6.45, 7) is -0.349. The maximum atomic E-state index is 10.5. The van der Waals surface area contributed by atoms with E-state index >= 15 is 0 Å². The number of likely N-dealkylation sites (N-methyl/N-ethyl adjacent to an activating group) is 1. The zero-order chi connectivity index (χ0) is 14.4.